The molecule has 2 rings (SSSR count). The maximum absolute atomic E-state index is 11.8. The van der Waals surface area contributed by atoms with Crippen LogP contribution in [0.3, 0.4) is 0 Å². The van der Waals surface area contributed by atoms with Crippen molar-refractivity contribution >= 4 is 11.7 Å². The summed E-state index contributed by atoms with van der Waals surface area (Å²) in [6.45, 7) is 5.35. The fourth-order valence-corrected chi connectivity index (χ4v) is 2.35. The molecule has 0 spiro atoms. The minimum absolute atomic E-state index is 0.361. The van der Waals surface area contributed by atoms with Gasteiger partial charge in [0.1, 0.15) is 0 Å². The smallest absolute Gasteiger partial charge is 0.334 e. The number of nitrogens with zero attached hydrogens (tertiary/aromatic N) is 1. The third-order valence-corrected chi connectivity index (χ3v) is 3.81. The lowest BCUT2D eigenvalue weighted by atomic mass is 9.93. The van der Waals surface area contributed by atoms with Crippen molar-refractivity contribution in [1.29, 1.82) is 0 Å². The quantitative estimate of drug-likeness (QED) is 0.641. The molecule has 3 unspecified atom stereocenters. The molecule has 1 saturated heterocycles. The molecule has 0 bridgehead atoms. The highest BCUT2D eigenvalue weighted by Crippen LogP contribution is 2.09. The van der Waals surface area contributed by atoms with E-state index in [1.807, 2.05) is 18.2 Å². The van der Waals surface area contributed by atoms with Gasteiger partial charge in [0, 0.05) is 12.3 Å². The fourth-order valence-electron chi connectivity index (χ4n) is 2.35. The predicted molar refractivity (Wildman–Crippen MR) is 74.3 cm³/mol. The van der Waals surface area contributed by atoms with Crippen LogP contribution in [-0.4, -0.2) is 31.3 Å². The molecule has 4 nitrogen and oxygen atoms in total. The molecule has 1 heterocycles. The zero-order valence-corrected chi connectivity index (χ0v) is 11.7. The van der Waals surface area contributed by atoms with E-state index in [9.17, 15) is 4.79 Å². The Morgan fingerprint density at radius 1 is 1.32 bits per heavy atom. The van der Waals surface area contributed by atoms with Gasteiger partial charge in [-0.15, -0.1) is 0 Å². The molecule has 0 amide bonds. The summed E-state index contributed by atoms with van der Waals surface area (Å²) in [6.07, 6.45) is 0.884. The van der Waals surface area contributed by atoms with Gasteiger partial charge >= 0.3 is 5.97 Å². The Morgan fingerprint density at radius 2 is 2.00 bits per heavy atom. The summed E-state index contributed by atoms with van der Waals surface area (Å²) in [5.41, 5.74) is 1.52. The summed E-state index contributed by atoms with van der Waals surface area (Å²) in [5.74, 6) is -0.0287. The van der Waals surface area contributed by atoms with Crippen molar-refractivity contribution in [3.05, 3.63) is 35.9 Å². The fraction of sp³-hybridized carbons (Fsp3) is 0.467. The number of oxime groups is 1. The van der Waals surface area contributed by atoms with Gasteiger partial charge in [0.15, 0.2) is 0 Å². The van der Waals surface area contributed by atoms with E-state index >= 15 is 0 Å². The number of nitrogens with one attached hydrogen (secondary N) is 1. The van der Waals surface area contributed by atoms with E-state index < -0.39 is 0 Å². The SMILES string of the molecule is CC1C[NH+](C)C(C)CC1=NOC(=O)c1ccccc1. The number of carbonyl (C=O) groups is 1. The summed E-state index contributed by atoms with van der Waals surface area (Å²) in [4.78, 5) is 18.4. The first-order chi connectivity index (χ1) is 9.08. The van der Waals surface area contributed by atoms with Gasteiger partial charge in [-0.2, -0.15) is 0 Å². The molecular formula is C15H21N2O2+. The molecule has 0 radical (unpaired) electrons. The molecule has 0 aromatic heterocycles. The highest BCUT2D eigenvalue weighted by atomic mass is 16.7. The highest BCUT2D eigenvalue weighted by molar-refractivity contribution is 5.91. The molecule has 1 aromatic carbocycles. The number of quaternary nitrogens is 1. The van der Waals surface area contributed by atoms with E-state index in [-0.39, 0.29) is 5.97 Å². The van der Waals surface area contributed by atoms with Crippen molar-refractivity contribution in [2.45, 2.75) is 26.3 Å². The number of carbonyl (C=O) groups excluding carboxylic acids is 1. The first kappa shape index (κ1) is 13.7. The Morgan fingerprint density at radius 3 is 2.68 bits per heavy atom. The van der Waals surface area contributed by atoms with Crippen LogP contribution in [0.2, 0.25) is 0 Å². The molecule has 19 heavy (non-hydrogen) atoms. The molecule has 1 N–H and O–H groups in total. The van der Waals surface area contributed by atoms with Crippen molar-refractivity contribution in [3.63, 3.8) is 0 Å². The van der Waals surface area contributed by atoms with Gasteiger partial charge in [0.05, 0.1) is 30.9 Å². The minimum Gasteiger partial charge on any atom is -0.334 e. The Hall–Kier alpha value is -1.68. The maximum Gasteiger partial charge on any atom is 0.365 e. The zero-order valence-electron chi connectivity index (χ0n) is 11.7. The number of benzene rings is 1. The van der Waals surface area contributed by atoms with Gasteiger partial charge in [-0.05, 0) is 19.1 Å². The normalized spacial score (nSPS) is 29.2. The summed E-state index contributed by atoms with van der Waals surface area (Å²) >= 11 is 0. The van der Waals surface area contributed by atoms with Crippen LogP contribution in [-0.2, 0) is 4.84 Å². The van der Waals surface area contributed by atoms with E-state index in [2.05, 4.69) is 26.1 Å². The molecule has 1 aromatic rings. The Kier molecular flexibility index (Phi) is 4.32. The first-order valence-electron chi connectivity index (χ1n) is 6.73. The second-order valence-corrected chi connectivity index (χ2v) is 5.38. The second-order valence-electron chi connectivity index (χ2n) is 5.38. The second kappa shape index (κ2) is 5.97. The van der Waals surface area contributed by atoms with Crippen molar-refractivity contribution < 1.29 is 14.5 Å². The Balaban J connectivity index is 2.00. The van der Waals surface area contributed by atoms with Gasteiger partial charge in [0.2, 0.25) is 0 Å². The third-order valence-electron chi connectivity index (χ3n) is 3.81. The van der Waals surface area contributed by atoms with Crippen LogP contribution in [0.25, 0.3) is 0 Å². The van der Waals surface area contributed by atoms with Crippen LogP contribution >= 0.6 is 0 Å². The van der Waals surface area contributed by atoms with E-state index in [4.69, 9.17) is 4.84 Å². The van der Waals surface area contributed by atoms with E-state index in [0.717, 1.165) is 18.7 Å². The molecule has 4 heteroatoms. The first-order valence-corrected chi connectivity index (χ1v) is 6.73. The summed E-state index contributed by atoms with van der Waals surface area (Å²) in [5, 5.41) is 4.08. The van der Waals surface area contributed by atoms with Gasteiger partial charge in [-0.3, -0.25) is 0 Å². The van der Waals surface area contributed by atoms with Gasteiger partial charge in [0.25, 0.3) is 0 Å². The lowest BCUT2D eigenvalue weighted by molar-refractivity contribution is -0.908. The standard InChI is InChI=1S/C15H20N2O2/c1-11-10-17(3)12(2)9-14(11)16-19-15(18)13-7-5-4-6-8-13/h4-8,11-12H,9-10H2,1-3H3/p+1. The summed E-state index contributed by atoms with van der Waals surface area (Å²) in [6, 6.07) is 9.47. The van der Waals surface area contributed by atoms with Crippen molar-refractivity contribution in [1.82, 2.24) is 0 Å². The largest absolute Gasteiger partial charge is 0.365 e. The number of hydrogen-bond acceptors (Lipinski definition) is 3. The minimum atomic E-state index is -0.390. The molecule has 1 fully saturated rings. The van der Waals surface area contributed by atoms with Crippen LogP contribution in [0.1, 0.15) is 30.6 Å². The third kappa shape index (κ3) is 3.41. The van der Waals surface area contributed by atoms with Gasteiger partial charge in [-0.25, -0.2) is 4.79 Å². The maximum atomic E-state index is 11.8. The monoisotopic (exact) mass is 261 g/mol. The zero-order chi connectivity index (χ0) is 13.8. The van der Waals surface area contributed by atoms with E-state index in [1.54, 1.807) is 12.1 Å². The van der Waals surface area contributed by atoms with Crippen molar-refractivity contribution in [2.24, 2.45) is 11.1 Å². The Bertz CT molecular complexity index is 470. The molecule has 1 aliphatic heterocycles. The average Bonchev–Trinajstić information content (AvgIpc) is 2.42. The van der Waals surface area contributed by atoms with Crippen LogP contribution in [0.5, 0.6) is 0 Å². The van der Waals surface area contributed by atoms with E-state index in [1.165, 1.54) is 4.90 Å². The molecule has 0 saturated carbocycles. The number of hydrogen-bond donors (Lipinski definition) is 1. The van der Waals surface area contributed by atoms with Crippen LogP contribution in [0.15, 0.2) is 35.5 Å². The van der Waals surface area contributed by atoms with Gasteiger partial charge in [-0.1, -0.05) is 30.3 Å². The lowest BCUT2D eigenvalue weighted by Gasteiger charge is -2.31. The topological polar surface area (TPSA) is 43.1 Å². The number of rotatable bonds is 2. The predicted octanol–water partition coefficient (Wildman–Crippen LogP) is 1.14. The molecule has 102 valence electrons. The van der Waals surface area contributed by atoms with Crippen molar-refractivity contribution in [2.75, 3.05) is 13.6 Å². The van der Waals surface area contributed by atoms with Crippen LogP contribution in [0, 0.1) is 5.92 Å². The highest BCUT2D eigenvalue weighted by Gasteiger charge is 2.29. The lowest BCUT2D eigenvalue weighted by Crippen LogP contribution is -3.14. The van der Waals surface area contributed by atoms with Crippen LogP contribution < -0.4 is 4.90 Å². The summed E-state index contributed by atoms with van der Waals surface area (Å²) in [7, 11) is 2.19. The van der Waals surface area contributed by atoms with Crippen LogP contribution in [0.4, 0.5) is 0 Å². The molecule has 3 atom stereocenters. The number of piperidine rings is 1. The number of likely N-dealkylation sites (tertiary alicyclic amines) is 1. The molecule has 1 aliphatic rings. The van der Waals surface area contributed by atoms with Crippen molar-refractivity contribution in [3.8, 4) is 0 Å². The van der Waals surface area contributed by atoms with E-state index in [0.29, 0.717) is 17.5 Å². The molecular weight excluding hydrogens is 240 g/mol. The summed E-state index contributed by atoms with van der Waals surface area (Å²) < 4.78 is 0. The average molecular weight is 261 g/mol. The molecule has 0 aliphatic carbocycles. The Labute approximate surface area is 114 Å². The van der Waals surface area contributed by atoms with Gasteiger partial charge < -0.3 is 9.74 Å².